The molecular weight excluding hydrogens is 158 g/mol. The molecule has 0 aliphatic carbocycles. The third-order valence-electron chi connectivity index (χ3n) is 1.60. The molecule has 12 heavy (non-hydrogen) atoms. The zero-order chi connectivity index (χ0) is 8.97. The Kier molecular flexibility index (Phi) is 2.79. The van der Waals surface area contributed by atoms with Crippen LogP contribution in [-0.2, 0) is 4.79 Å². The summed E-state index contributed by atoms with van der Waals surface area (Å²) in [5, 5.41) is 6.99. The van der Waals surface area contributed by atoms with Crippen LogP contribution in [0.25, 0.3) is 0 Å². The van der Waals surface area contributed by atoms with Gasteiger partial charge in [-0.2, -0.15) is 0 Å². The first-order valence-corrected chi connectivity index (χ1v) is 3.82. The van der Waals surface area contributed by atoms with Crippen LogP contribution in [0.3, 0.4) is 0 Å². The number of aromatic nitrogens is 3. The molecule has 5 heteroatoms. The molecule has 66 valence electrons. The van der Waals surface area contributed by atoms with Gasteiger partial charge in [-0.25, -0.2) is 4.79 Å². The van der Waals surface area contributed by atoms with Crippen LogP contribution in [0.5, 0.6) is 0 Å². The van der Waals surface area contributed by atoms with Gasteiger partial charge in [0.2, 0.25) is 0 Å². The van der Waals surface area contributed by atoms with Gasteiger partial charge in [0.05, 0.1) is 18.3 Å². The van der Waals surface area contributed by atoms with E-state index in [-0.39, 0.29) is 11.9 Å². The first kappa shape index (κ1) is 8.70. The molecule has 0 radical (unpaired) electrons. The molecule has 0 bridgehead atoms. The average Bonchev–Trinajstić information content (AvgIpc) is 2.55. The van der Waals surface area contributed by atoms with E-state index in [0.717, 1.165) is 11.3 Å². The fourth-order valence-corrected chi connectivity index (χ4v) is 0.595. The van der Waals surface area contributed by atoms with Crippen LogP contribution in [0.4, 0.5) is 0 Å². The number of nitrogens with zero attached hydrogens (tertiary/aromatic N) is 3. The second-order valence-corrected chi connectivity index (χ2v) is 2.53. The normalized spacial score (nSPS) is 12.5. The van der Waals surface area contributed by atoms with Crippen molar-refractivity contribution in [3.05, 3.63) is 12.4 Å². The highest BCUT2D eigenvalue weighted by Gasteiger charge is 2.13. The molecule has 1 unspecified atom stereocenters. The lowest BCUT2D eigenvalue weighted by molar-refractivity contribution is -0.150. The third kappa shape index (κ3) is 2.05. The van der Waals surface area contributed by atoms with Gasteiger partial charge in [0.15, 0.2) is 0 Å². The molecule has 0 saturated heterocycles. The van der Waals surface area contributed by atoms with E-state index in [1.807, 2.05) is 6.92 Å². The summed E-state index contributed by atoms with van der Waals surface area (Å²) >= 11 is 0. The van der Waals surface area contributed by atoms with E-state index >= 15 is 0 Å². The highest BCUT2D eigenvalue weighted by atomic mass is 16.7. The van der Waals surface area contributed by atoms with Crippen LogP contribution < -0.4 is 4.84 Å². The number of carbonyl (C=O) groups is 1. The lowest BCUT2D eigenvalue weighted by Crippen LogP contribution is -2.25. The summed E-state index contributed by atoms with van der Waals surface area (Å²) in [4.78, 5) is 17.0. The van der Waals surface area contributed by atoms with Gasteiger partial charge < -0.3 is 4.84 Å². The van der Waals surface area contributed by atoms with E-state index in [2.05, 4.69) is 10.3 Å². The Morgan fingerprint density at radius 1 is 1.75 bits per heavy atom. The lowest BCUT2D eigenvalue weighted by Gasteiger charge is -2.05. The molecule has 0 saturated carbocycles. The topological polar surface area (TPSA) is 57.0 Å². The highest BCUT2D eigenvalue weighted by Crippen LogP contribution is 2.00. The van der Waals surface area contributed by atoms with E-state index in [1.165, 1.54) is 12.4 Å². The minimum atomic E-state index is -0.289. The molecule has 0 N–H and O–H groups in total. The molecule has 1 aromatic heterocycles. The van der Waals surface area contributed by atoms with Crippen LogP contribution in [-0.4, -0.2) is 21.1 Å². The van der Waals surface area contributed by atoms with E-state index < -0.39 is 0 Å². The van der Waals surface area contributed by atoms with Crippen molar-refractivity contribution in [2.75, 3.05) is 0 Å². The number of hydrogen-bond acceptors (Lipinski definition) is 4. The van der Waals surface area contributed by atoms with Crippen molar-refractivity contribution < 1.29 is 9.63 Å². The summed E-state index contributed by atoms with van der Waals surface area (Å²) in [6, 6.07) is 0. The van der Waals surface area contributed by atoms with Crippen molar-refractivity contribution >= 4 is 5.97 Å². The SMILES string of the molecule is CCC(C)C(=O)On1ccnn1. The van der Waals surface area contributed by atoms with Crippen LogP contribution in [0.15, 0.2) is 12.4 Å². The van der Waals surface area contributed by atoms with Gasteiger partial charge in [0, 0.05) is 0 Å². The van der Waals surface area contributed by atoms with Gasteiger partial charge in [0.25, 0.3) is 0 Å². The zero-order valence-corrected chi connectivity index (χ0v) is 7.10. The Morgan fingerprint density at radius 2 is 2.50 bits per heavy atom. The maximum absolute atomic E-state index is 11.1. The molecule has 0 aliphatic rings. The van der Waals surface area contributed by atoms with E-state index in [0.29, 0.717) is 0 Å². The van der Waals surface area contributed by atoms with Gasteiger partial charge in [-0.05, 0) is 11.6 Å². The van der Waals surface area contributed by atoms with E-state index in [4.69, 9.17) is 4.84 Å². The Bertz CT molecular complexity index is 245. The first-order valence-electron chi connectivity index (χ1n) is 3.82. The van der Waals surface area contributed by atoms with E-state index in [1.54, 1.807) is 6.92 Å². The minimum absolute atomic E-state index is 0.103. The second kappa shape index (κ2) is 3.85. The van der Waals surface area contributed by atoms with Gasteiger partial charge in [-0.1, -0.05) is 18.7 Å². The van der Waals surface area contributed by atoms with Crippen molar-refractivity contribution in [3.63, 3.8) is 0 Å². The molecule has 0 fully saturated rings. The summed E-state index contributed by atoms with van der Waals surface area (Å²) in [5.74, 6) is -0.391. The maximum Gasteiger partial charge on any atom is 0.337 e. The largest absolute Gasteiger partial charge is 0.337 e. The van der Waals surface area contributed by atoms with Gasteiger partial charge in [0.1, 0.15) is 0 Å². The lowest BCUT2D eigenvalue weighted by atomic mass is 10.1. The monoisotopic (exact) mass is 169 g/mol. The predicted molar refractivity (Wildman–Crippen MR) is 41.1 cm³/mol. The Hall–Kier alpha value is -1.39. The molecule has 0 aliphatic heterocycles. The first-order chi connectivity index (χ1) is 5.74. The Morgan fingerprint density at radius 3 is 3.00 bits per heavy atom. The van der Waals surface area contributed by atoms with Crippen molar-refractivity contribution in [2.45, 2.75) is 20.3 Å². The standard InChI is InChI=1S/C7H11N3O2/c1-3-6(2)7(11)12-10-5-4-8-9-10/h4-6H,3H2,1-2H3. The smallest absolute Gasteiger partial charge is 0.318 e. The predicted octanol–water partition coefficient (Wildman–Crippen LogP) is 0.279. The van der Waals surface area contributed by atoms with Crippen LogP contribution in [0.2, 0.25) is 0 Å². The molecule has 5 nitrogen and oxygen atoms in total. The summed E-state index contributed by atoms with van der Waals surface area (Å²) in [7, 11) is 0. The van der Waals surface area contributed by atoms with Gasteiger partial charge in [-0.15, -0.1) is 5.10 Å². The molecule has 0 aromatic carbocycles. The molecule has 1 atom stereocenters. The fraction of sp³-hybridized carbons (Fsp3) is 0.571. The highest BCUT2D eigenvalue weighted by molar-refractivity contribution is 5.72. The Balaban J connectivity index is 2.47. The molecule has 0 spiro atoms. The number of hydrogen-bond donors (Lipinski definition) is 0. The van der Waals surface area contributed by atoms with E-state index in [9.17, 15) is 4.79 Å². The third-order valence-corrected chi connectivity index (χ3v) is 1.60. The quantitative estimate of drug-likeness (QED) is 0.610. The molecule has 0 amide bonds. The van der Waals surface area contributed by atoms with Crippen molar-refractivity contribution in [3.8, 4) is 0 Å². The summed E-state index contributed by atoms with van der Waals surface area (Å²) < 4.78 is 0. The molecule has 1 aromatic rings. The van der Waals surface area contributed by atoms with Crippen LogP contribution in [0.1, 0.15) is 20.3 Å². The second-order valence-electron chi connectivity index (χ2n) is 2.53. The number of carbonyl (C=O) groups excluding carboxylic acids is 1. The number of rotatable bonds is 3. The minimum Gasteiger partial charge on any atom is -0.318 e. The van der Waals surface area contributed by atoms with Crippen molar-refractivity contribution in [1.29, 1.82) is 0 Å². The average molecular weight is 169 g/mol. The molecule has 1 heterocycles. The van der Waals surface area contributed by atoms with Crippen LogP contribution >= 0.6 is 0 Å². The summed E-state index contributed by atoms with van der Waals surface area (Å²) in [6.45, 7) is 3.73. The van der Waals surface area contributed by atoms with Crippen molar-refractivity contribution in [2.24, 2.45) is 5.92 Å². The summed E-state index contributed by atoms with van der Waals surface area (Å²) in [5.41, 5.74) is 0. The molecule has 1 rings (SSSR count). The van der Waals surface area contributed by atoms with Crippen LogP contribution in [0, 0.1) is 5.92 Å². The molecular formula is C7H11N3O2. The fourth-order valence-electron chi connectivity index (χ4n) is 0.595. The van der Waals surface area contributed by atoms with Gasteiger partial charge >= 0.3 is 5.97 Å². The zero-order valence-electron chi connectivity index (χ0n) is 7.10. The summed E-state index contributed by atoms with van der Waals surface area (Å²) in [6.07, 6.45) is 3.68. The van der Waals surface area contributed by atoms with Gasteiger partial charge in [-0.3, -0.25) is 0 Å². The maximum atomic E-state index is 11.1. The Labute approximate surface area is 70.3 Å². The van der Waals surface area contributed by atoms with Crippen molar-refractivity contribution in [1.82, 2.24) is 15.2 Å².